The van der Waals surface area contributed by atoms with E-state index in [-0.39, 0.29) is 29.1 Å². The van der Waals surface area contributed by atoms with E-state index < -0.39 is 12.5 Å². The molecule has 8 nitrogen and oxygen atoms in total. The van der Waals surface area contributed by atoms with Crippen LogP contribution in [0.1, 0.15) is 41.7 Å². The van der Waals surface area contributed by atoms with E-state index in [0.29, 0.717) is 16.7 Å². The highest BCUT2D eigenvalue weighted by Gasteiger charge is 2.50. The lowest BCUT2D eigenvalue weighted by atomic mass is 9.77. The number of benzene rings is 1. The zero-order valence-corrected chi connectivity index (χ0v) is 20.2. The molecule has 2 saturated heterocycles. The fourth-order valence-electron chi connectivity index (χ4n) is 5.14. The standard InChI is InChI=1S/C26H28F2N4O4/c1-15(31-11-26(12-31)13-35-14-26)16-5-6-32-19(10-29-22(32)9-16)17-7-20(34-2)23(21(8-17)36-25(27)28)24(33)30-18-3-4-18/h5-10,15,18,25H,3-4,11-14H2,1-2H3,(H,30,33). The first-order chi connectivity index (χ1) is 17.4. The molecule has 2 aromatic heterocycles. The zero-order valence-electron chi connectivity index (χ0n) is 20.2. The third kappa shape index (κ3) is 4.08. The topological polar surface area (TPSA) is 77.3 Å². The fraction of sp³-hybridized carbons (Fsp3) is 0.462. The molecular weight excluding hydrogens is 470 g/mol. The second kappa shape index (κ2) is 8.70. The molecule has 36 heavy (non-hydrogen) atoms. The van der Waals surface area contributed by atoms with Gasteiger partial charge in [0, 0.05) is 42.3 Å². The third-order valence-electron chi connectivity index (χ3n) is 7.40. The summed E-state index contributed by atoms with van der Waals surface area (Å²) in [5.74, 6) is -0.563. The lowest BCUT2D eigenvalue weighted by Crippen LogP contribution is -2.66. The van der Waals surface area contributed by atoms with Gasteiger partial charge < -0.3 is 19.5 Å². The third-order valence-corrected chi connectivity index (χ3v) is 7.40. The number of amides is 1. The lowest BCUT2D eigenvalue weighted by Gasteiger charge is -2.57. The van der Waals surface area contributed by atoms with Gasteiger partial charge in [0.1, 0.15) is 22.7 Å². The van der Waals surface area contributed by atoms with Crippen LogP contribution in [0.5, 0.6) is 11.5 Å². The number of pyridine rings is 1. The molecule has 1 aliphatic carbocycles. The first-order valence-corrected chi connectivity index (χ1v) is 12.1. The van der Waals surface area contributed by atoms with E-state index in [9.17, 15) is 13.6 Å². The number of likely N-dealkylation sites (tertiary alicyclic amines) is 1. The van der Waals surface area contributed by atoms with Crippen molar-refractivity contribution >= 4 is 11.6 Å². The minimum atomic E-state index is -3.09. The monoisotopic (exact) mass is 498 g/mol. The Morgan fingerprint density at radius 1 is 1.22 bits per heavy atom. The number of nitrogens with zero attached hydrogens (tertiary/aromatic N) is 3. The highest BCUT2D eigenvalue weighted by Crippen LogP contribution is 2.42. The van der Waals surface area contributed by atoms with Crippen molar-refractivity contribution in [2.24, 2.45) is 5.41 Å². The molecule has 1 saturated carbocycles. The summed E-state index contributed by atoms with van der Waals surface area (Å²) in [4.78, 5) is 19.8. The van der Waals surface area contributed by atoms with Gasteiger partial charge in [0.05, 0.1) is 32.2 Å². The van der Waals surface area contributed by atoms with Crippen molar-refractivity contribution in [1.82, 2.24) is 19.6 Å². The predicted molar refractivity (Wildman–Crippen MR) is 128 cm³/mol. The van der Waals surface area contributed by atoms with Crippen LogP contribution in [-0.4, -0.2) is 66.3 Å². The highest BCUT2D eigenvalue weighted by molar-refractivity contribution is 6.01. The van der Waals surface area contributed by atoms with Crippen LogP contribution in [0.25, 0.3) is 16.9 Å². The number of fused-ring (bicyclic) bond motifs is 1. The number of halogens is 2. The minimum absolute atomic E-state index is 0.0393. The number of nitrogens with one attached hydrogen (secondary N) is 1. The van der Waals surface area contributed by atoms with Gasteiger partial charge in [-0.25, -0.2) is 4.98 Å². The molecule has 6 rings (SSSR count). The number of aromatic nitrogens is 2. The van der Waals surface area contributed by atoms with Crippen molar-refractivity contribution in [3.63, 3.8) is 0 Å². The first kappa shape index (κ1) is 23.2. The van der Waals surface area contributed by atoms with E-state index in [1.165, 1.54) is 13.2 Å². The quantitative estimate of drug-likeness (QED) is 0.508. The molecule has 2 aliphatic heterocycles. The van der Waals surface area contributed by atoms with Crippen LogP contribution in [0.15, 0.2) is 36.7 Å². The molecule has 1 atom stereocenters. The van der Waals surface area contributed by atoms with Crippen molar-refractivity contribution in [2.75, 3.05) is 33.4 Å². The van der Waals surface area contributed by atoms with Crippen LogP contribution in [0.2, 0.25) is 0 Å². The van der Waals surface area contributed by atoms with Gasteiger partial charge in [0.2, 0.25) is 0 Å². The smallest absolute Gasteiger partial charge is 0.387 e. The fourth-order valence-corrected chi connectivity index (χ4v) is 5.14. The van der Waals surface area contributed by atoms with E-state index in [1.54, 1.807) is 12.3 Å². The second-order valence-corrected chi connectivity index (χ2v) is 10.1. The molecule has 1 spiro atoms. The maximum atomic E-state index is 13.3. The predicted octanol–water partition coefficient (Wildman–Crippen LogP) is 3.90. The number of carbonyl (C=O) groups is 1. The normalized spacial score (nSPS) is 19.7. The van der Waals surface area contributed by atoms with E-state index in [4.69, 9.17) is 14.2 Å². The largest absolute Gasteiger partial charge is 0.496 e. The van der Waals surface area contributed by atoms with Gasteiger partial charge >= 0.3 is 6.61 Å². The van der Waals surface area contributed by atoms with E-state index >= 15 is 0 Å². The number of hydrogen-bond acceptors (Lipinski definition) is 6. The average Bonchev–Trinajstić information content (AvgIpc) is 3.50. The van der Waals surface area contributed by atoms with E-state index in [0.717, 1.165) is 50.4 Å². The number of carbonyl (C=O) groups excluding carboxylic acids is 1. The molecule has 3 fully saturated rings. The van der Waals surface area contributed by atoms with Crippen molar-refractivity contribution in [3.8, 4) is 22.8 Å². The van der Waals surface area contributed by atoms with Gasteiger partial charge in [-0.1, -0.05) is 0 Å². The molecule has 190 valence electrons. The van der Waals surface area contributed by atoms with Gasteiger partial charge in [-0.05, 0) is 49.6 Å². The molecule has 10 heteroatoms. The van der Waals surface area contributed by atoms with Crippen molar-refractivity contribution in [1.29, 1.82) is 0 Å². The summed E-state index contributed by atoms with van der Waals surface area (Å²) >= 11 is 0. The summed E-state index contributed by atoms with van der Waals surface area (Å²) in [5, 5.41) is 2.82. The maximum absolute atomic E-state index is 13.3. The molecule has 1 N–H and O–H groups in total. The molecule has 0 bridgehead atoms. The molecule has 1 unspecified atom stereocenters. The Morgan fingerprint density at radius 3 is 2.61 bits per heavy atom. The summed E-state index contributed by atoms with van der Waals surface area (Å²) in [5.41, 5.74) is 3.42. The van der Waals surface area contributed by atoms with E-state index in [1.807, 2.05) is 16.7 Å². The second-order valence-electron chi connectivity index (χ2n) is 10.1. The number of imidazole rings is 1. The Labute approximate surface area is 207 Å². The van der Waals surface area contributed by atoms with Gasteiger partial charge in [-0.3, -0.25) is 14.1 Å². The maximum Gasteiger partial charge on any atom is 0.387 e. The molecule has 1 aromatic carbocycles. The number of hydrogen-bond donors (Lipinski definition) is 1. The Hall–Kier alpha value is -3.24. The number of rotatable bonds is 8. The highest BCUT2D eigenvalue weighted by atomic mass is 19.3. The van der Waals surface area contributed by atoms with Crippen molar-refractivity contribution in [2.45, 2.75) is 38.5 Å². The first-order valence-electron chi connectivity index (χ1n) is 12.1. The summed E-state index contributed by atoms with van der Waals surface area (Å²) in [6.45, 7) is 2.86. The Bertz CT molecular complexity index is 1310. The van der Waals surface area contributed by atoms with Crippen molar-refractivity contribution in [3.05, 3.63) is 47.8 Å². The van der Waals surface area contributed by atoms with Crippen LogP contribution in [-0.2, 0) is 4.74 Å². The summed E-state index contributed by atoms with van der Waals surface area (Å²) in [6.07, 6.45) is 5.34. The van der Waals surface area contributed by atoms with E-state index in [2.05, 4.69) is 28.2 Å². The molecule has 1 amide bonds. The van der Waals surface area contributed by atoms with Gasteiger partial charge in [-0.2, -0.15) is 8.78 Å². The average molecular weight is 499 g/mol. The minimum Gasteiger partial charge on any atom is -0.496 e. The van der Waals surface area contributed by atoms with Gasteiger partial charge in [0.15, 0.2) is 0 Å². The SMILES string of the molecule is COc1cc(-c2cnc3cc(C(C)N4CC5(COC5)C4)ccn23)cc(OC(F)F)c1C(=O)NC1CC1. The zero-order chi connectivity index (χ0) is 25.0. The van der Waals surface area contributed by atoms with Crippen molar-refractivity contribution < 1.29 is 27.8 Å². The summed E-state index contributed by atoms with van der Waals surface area (Å²) in [7, 11) is 1.40. The molecule has 3 aromatic rings. The number of ether oxygens (including phenoxy) is 3. The molecule has 0 radical (unpaired) electrons. The summed E-state index contributed by atoms with van der Waals surface area (Å²) < 4.78 is 44.0. The van der Waals surface area contributed by atoms with Gasteiger partial charge in [0.25, 0.3) is 5.91 Å². The van der Waals surface area contributed by atoms with Crippen LogP contribution in [0.4, 0.5) is 8.78 Å². The van der Waals surface area contributed by atoms with Crippen LogP contribution >= 0.6 is 0 Å². The van der Waals surface area contributed by atoms with Crippen LogP contribution in [0.3, 0.4) is 0 Å². The number of alkyl halides is 2. The van der Waals surface area contributed by atoms with Gasteiger partial charge in [-0.15, -0.1) is 0 Å². The lowest BCUT2D eigenvalue weighted by molar-refractivity contribution is -0.197. The molecular formula is C26H28F2N4O4. The Balaban J connectivity index is 1.32. The Morgan fingerprint density at radius 2 is 1.97 bits per heavy atom. The Kier molecular flexibility index (Phi) is 5.60. The van der Waals surface area contributed by atoms with Crippen LogP contribution in [0, 0.1) is 5.41 Å². The number of methoxy groups -OCH3 is 1. The molecule has 4 heterocycles. The summed E-state index contributed by atoms with van der Waals surface area (Å²) in [6, 6.07) is 7.49. The molecule has 3 aliphatic rings. The van der Waals surface area contributed by atoms with Crippen LogP contribution < -0.4 is 14.8 Å².